The lowest BCUT2D eigenvalue weighted by Crippen LogP contribution is -2.37. The molecule has 40 heavy (non-hydrogen) atoms. The summed E-state index contributed by atoms with van der Waals surface area (Å²) >= 11 is 0. The number of rotatable bonds is 3. The van der Waals surface area contributed by atoms with Gasteiger partial charge in [0.15, 0.2) is 5.82 Å². The quantitative estimate of drug-likeness (QED) is 0.504. The first kappa shape index (κ1) is 27.2. The van der Waals surface area contributed by atoms with E-state index < -0.39 is 35.6 Å². The highest BCUT2D eigenvalue weighted by Gasteiger charge is 2.39. The van der Waals surface area contributed by atoms with Crippen molar-refractivity contribution in [2.24, 2.45) is 0 Å². The largest absolute Gasteiger partial charge is 0.443 e. The van der Waals surface area contributed by atoms with Crippen LogP contribution in [0.5, 0.6) is 0 Å². The molecule has 0 unspecified atom stereocenters. The van der Waals surface area contributed by atoms with Crippen LogP contribution in [0.3, 0.4) is 0 Å². The van der Waals surface area contributed by atoms with E-state index >= 15 is 4.39 Å². The normalized spacial score (nSPS) is 19.3. The number of pyridine rings is 1. The van der Waals surface area contributed by atoms with Crippen LogP contribution in [0.25, 0.3) is 16.9 Å². The van der Waals surface area contributed by atoms with E-state index in [-0.39, 0.29) is 46.9 Å². The molecule has 1 saturated heterocycles. The van der Waals surface area contributed by atoms with Gasteiger partial charge >= 0.3 is 6.09 Å². The van der Waals surface area contributed by atoms with E-state index in [0.29, 0.717) is 25.2 Å². The minimum absolute atomic E-state index is 0.0331. The predicted octanol–water partition coefficient (Wildman–Crippen LogP) is 3.16. The SMILES string of the molecule is CC(C)(C)OC(=O)N1Cc2nc(-c3c(F)cccc3C#N)cc(-n3ccc(N4CCC[C@@H](O)[C@@H](O)C4)n3)c2C1=O. The fourth-order valence-corrected chi connectivity index (χ4v) is 4.89. The maximum absolute atomic E-state index is 15.0. The number of hydrogen-bond donors (Lipinski definition) is 2. The van der Waals surface area contributed by atoms with E-state index in [4.69, 9.17) is 4.74 Å². The van der Waals surface area contributed by atoms with Crippen LogP contribution >= 0.6 is 0 Å². The van der Waals surface area contributed by atoms with Crippen molar-refractivity contribution < 1.29 is 28.9 Å². The molecule has 2 atom stereocenters. The number of imide groups is 1. The predicted molar refractivity (Wildman–Crippen MR) is 141 cm³/mol. The summed E-state index contributed by atoms with van der Waals surface area (Å²) < 4.78 is 21.9. The Kier molecular flexibility index (Phi) is 7.03. The zero-order valence-corrected chi connectivity index (χ0v) is 22.3. The molecule has 1 fully saturated rings. The van der Waals surface area contributed by atoms with Crippen molar-refractivity contribution in [3.8, 4) is 23.0 Å². The molecule has 0 aliphatic carbocycles. The lowest BCUT2D eigenvalue weighted by atomic mass is 10.0. The minimum atomic E-state index is -0.946. The summed E-state index contributed by atoms with van der Waals surface area (Å²) in [5.41, 5.74) is -0.159. The van der Waals surface area contributed by atoms with Gasteiger partial charge in [-0.25, -0.2) is 23.8 Å². The van der Waals surface area contributed by atoms with Gasteiger partial charge in [-0.15, -0.1) is 0 Å². The molecule has 2 aliphatic rings. The van der Waals surface area contributed by atoms with Gasteiger partial charge in [-0.05, 0) is 51.8 Å². The maximum atomic E-state index is 15.0. The van der Waals surface area contributed by atoms with Crippen molar-refractivity contribution in [3.63, 3.8) is 0 Å². The molecule has 12 heteroatoms. The molecule has 0 radical (unpaired) electrons. The topological polar surface area (TPSA) is 145 Å². The molecule has 2 aliphatic heterocycles. The zero-order chi connectivity index (χ0) is 28.8. The van der Waals surface area contributed by atoms with Gasteiger partial charge in [-0.1, -0.05) is 6.07 Å². The molecule has 3 aromatic rings. The summed E-state index contributed by atoms with van der Waals surface area (Å²) in [6.07, 6.45) is 0.0954. The Morgan fingerprint density at radius 1 is 1.20 bits per heavy atom. The van der Waals surface area contributed by atoms with Crippen molar-refractivity contribution >= 4 is 17.8 Å². The number of ether oxygens (including phenoxy) is 1. The average molecular weight is 549 g/mol. The van der Waals surface area contributed by atoms with E-state index in [1.807, 2.05) is 11.0 Å². The highest BCUT2D eigenvalue weighted by Crippen LogP contribution is 2.34. The first-order valence-corrected chi connectivity index (χ1v) is 12.9. The van der Waals surface area contributed by atoms with E-state index in [0.717, 1.165) is 4.90 Å². The standard InChI is InChI=1S/C28H29FN6O5/c1-28(2,3)40-27(39)34-14-19-25(26(34)38)20(12-18(31-19)24-16(13-30)6-4-7-17(24)29)35-11-9-23(32-35)33-10-5-8-21(36)22(37)15-33/h4,6-7,9,11-12,21-22,36-37H,5,8,10,14-15H2,1-3H3/t21-,22+/m1/s1. The second kappa shape index (κ2) is 10.3. The Balaban J connectivity index is 1.62. The number of benzene rings is 1. The average Bonchev–Trinajstić information content (AvgIpc) is 3.47. The van der Waals surface area contributed by atoms with Crippen LogP contribution < -0.4 is 4.90 Å². The van der Waals surface area contributed by atoms with Gasteiger partial charge in [0.1, 0.15) is 11.4 Å². The molecule has 2 N–H and O–H groups in total. The number of fused-ring (bicyclic) bond motifs is 1. The number of aliphatic hydroxyl groups is 2. The number of nitrogens with zero attached hydrogens (tertiary/aromatic N) is 6. The zero-order valence-electron chi connectivity index (χ0n) is 22.3. The number of carbonyl (C=O) groups excluding carboxylic acids is 2. The van der Waals surface area contributed by atoms with Gasteiger partial charge in [-0.2, -0.15) is 10.4 Å². The highest BCUT2D eigenvalue weighted by molar-refractivity contribution is 6.08. The third-order valence-electron chi connectivity index (χ3n) is 6.77. The van der Waals surface area contributed by atoms with Crippen LogP contribution in [0.2, 0.25) is 0 Å². The molecule has 2 aromatic heterocycles. The summed E-state index contributed by atoms with van der Waals surface area (Å²) in [6, 6.07) is 9.25. The van der Waals surface area contributed by atoms with Gasteiger partial charge in [0, 0.05) is 25.4 Å². The minimum Gasteiger partial charge on any atom is -0.443 e. The Morgan fingerprint density at radius 3 is 2.70 bits per heavy atom. The van der Waals surface area contributed by atoms with Gasteiger partial charge in [0.25, 0.3) is 5.91 Å². The second-order valence-electron chi connectivity index (χ2n) is 10.8. The van der Waals surface area contributed by atoms with E-state index in [1.54, 1.807) is 33.0 Å². The van der Waals surface area contributed by atoms with Crippen LogP contribution in [0, 0.1) is 17.1 Å². The summed E-state index contributed by atoms with van der Waals surface area (Å²) in [7, 11) is 0. The van der Waals surface area contributed by atoms with Crippen molar-refractivity contribution in [2.45, 2.75) is 58.0 Å². The molecule has 5 rings (SSSR count). The first-order chi connectivity index (χ1) is 19.0. The molecule has 208 valence electrons. The van der Waals surface area contributed by atoms with Gasteiger partial charge in [0.2, 0.25) is 0 Å². The number of nitriles is 1. The van der Waals surface area contributed by atoms with Crippen LogP contribution in [0.1, 0.15) is 55.2 Å². The van der Waals surface area contributed by atoms with Crippen molar-refractivity contribution in [1.82, 2.24) is 19.7 Å². The van der Waals surface area contributed by atoms with Gasteiger partial charge < -0.3 is 19.8 Å². The number of carbonyl (C=O) groups is 2. The van der Waals surface area contributed by atoms with Gasteiger partial charge in [-0.3, -0.25) is 4.79 Å². The Labute approximate surface area is 230 Å². The Bertz CT molecular complexity index is 1520. The van der Waals surface area contributed by atoms with E-state index in [2.05, 4.69) is 10.1 Å². The number of β-amino-alcohol motifs (C(OH)–C–C–N with tert-alkyl or cyclic N) is 1. The molecule has 0 spiro atoms. The second-order valence-corrected chi connectivity index (χ2v) is 10.8. The van der Waals surface area contributed by atoms with Crippen molar-refractivity contribution in [2.75, 3.05) is 18.0 Å². The number of aromatic nitrogens is 3. The molecule has 2 amide bonds. The van der Waals surface area contributed by atoms with Crippen LogP contribution in [0.15, 0.2) is 36.5 Å². The van der Waals surface area contributed by atoms with E-state index in [9.17, 15) is 25.1 Å². The summed E-state index contributed by atoms with van der Waals surface area (Å²) in [6.45, 7) is 5.58. The van der Waals surface area contributed by atoms with E-state index in [1.165, 1.54) is 28.9 Å². The number of halogens is 1. The molecule has 4 heterocycles. The third kappa shape index (κ3) is 5.13. The Hall–Kier alpha value is -4.34. The fraction of sp³-hybridized carbons (Fsp3) is 0.393. The molecule has 11 nitrogen and oxygen atoms in total. The smallest absolute Gasteiger partial charge is 0.417 e. The van der Waals surface area contributed by atoms with Gasteiger partial charge in [0.05, 0.1) is 58.6 Å². The lowest BCUT2D eigenvalue weighted by molar-refractivity contribution is 0.0247. The van der Waals surface area contributed by atoms with Crippen LogP contribution in [-0.4, -0.2) is 72.8 Å². The highest BCUT2D eigenvalue weighted by atomic mass is 19.1. The summed E-state index contributed by atoms with van der Waals surface area (Å²) in [5.74, 6) is -0.806. The van der Waals surface area contributed by atoms with Crippen molar-refractivity contribution in [1.29, 1.82) is 5.26 Å². The molecule has 0 bridgehead atoms. The Morgan fingerprint density at radius 2 is 1.98 bits per heavy atom. The molecule has 1 aromatic carbocycles. The maximum Gasteiger partial charge on any atom is 0.417 e. The molecule has 0 saturated carbocycles. The number of hydrogen-bond acceptors (Lipinski definition) is 9. The van der Waals surface area contributed by atoms with Crippen molar-refractivity contribution in [3.05, 3.63) is 59.2 Å². The number of anilines is 1. The molecular weight excluding hydrogens is 519 g/mol. The lowest BCUT2D eigenvalue weighted by Gasteiger charge is -2.23. The number of amides is 2. The first-order valence-electron chi connectivity index (χ1n) is 12.9. The third-order valence-corrected chi connectivity index (χ3v) is 6.77. The molecular formula is C28H29FN6O5. The number of aliphatic hydroxyl groups excluding tert-OH is 2. The van der Waals surface area contributed by atoms with Crippen LogP contribution in [-0.2, 0) is 11.3 Å². The summed E-state index contributed by atoms with van der Waals surface area (Å²) in [4.78, 5) is 33.7. The van der Waals surface area contributed by atoms with Crippen LogP contribution in [0.4, 0.5) is 15.0 Å². The summed E-state index contributed by atoms with van der Waals surface area (Å²) in [5, 5.41) is 34.6. The monoisotopic (exact) mass is 548 g/mol. The fourth-order valence-electron chi connectivity index (χ4n) is 4.89.